The van der Waals surface area contributed by atoms with Crippen LogP contribution in [0.15, 0.2) is 17.6 Å². The molecule has 0 saturated heterocycles. The van der Waals surface area contributed by atoms with Gasteiger partial charge in [-0.2, -0.15) is 0 Å². The highest BCUT2D eigenvalue weighted by molar-refractivity contribution is 7.99. The van der Waals surface area contributed by atoms with Crippen LogP contribution in [-0.4, -0.2) is 28.3 Å². The fraction of sp³-hybridized carbons (Fsp3) is 0.714. The van der Waals surface area contributed by atoms with Crippen LogP contribution in [0.25, 0.3) is 0 Å². The van der Waals surface area contributed by atoms with Gasteiger partial charge < -0.3 is 5.32 Å². The van der Waals surface area contributed by atoms with E-state index in [1.165, 1.54) is 38.5 Å². The van der Waals surface area contributed by atoms with Crippen LogP contribution < -0.4 is 5.32 Å². The van der Waals surface area contributed by atoms with Crippen LogP contribution in [0.4, 0.5) is 0 Å². The van der Waals surface area contributed by atoms with Gasteiger partial charge in [-0.25, -0.2) is 9.97 Å². The Morgan fingerprint density at radius 1 is 1.22 bits per heavy atom. The van der Waals surface area contributed by atoms with Crippen molar-refractivity contribution in [3.63, 3.8) is 0 Å². The molecular formula is C14H23N3S. The summed E-state index contributed by atoms with van der Waals surface area (Å²) in [4.78, 5) is 8.59. The largest absolute Gasteiger partial charge is 0.314 e. The van der Waals surface area contributed by atoms with Crippen molar-refractivity contribution in [3.05, 3.63) is 18.0 Å². The smallest absolute Gasteiger partial charge is 0.187 e. The van der Waals surface area contributed by atoms with E-state index in [0.717, 1.165) is 29.1 Å². The van der Waals surface area contributed by atoms with E-state index in [9.17, 15) is 0 Å². The van der Waals surface area contributed by atoms with Crippen molar-refractivity contribution in [2.75, 3.05) is 12.3 Å². The summed E-state index contributed by atoms with van der Waals surface area (Å²) in [5, 5.41) is 4.56. The van der Waals surface area contributed by atoms with Gasteiger partial charge in [0.2, 0.25) is 0 Å². The molecule has 0 spiro atoms. The van der Waals surface area contributed by atoms with Gasteiger partial charge in [0.15, 0.2) is 5.16 Å². The first-order valence-electron chi connectivity index (χ1n) is 6.99. The van der Waals surface area contributed by atoms with Gasteiger partial charge in [-0.3, -0.25) is 0 Å². The average Bonchev–Trinajstić information content (AvgIpc) is 2.42. The Morgan fingerprint density at radius 2 is 1.94 bits per heavy atom. The highest BCUT2D eigenvalue weighted by atomic mass is 32.2. The van der Waals surface area contributed by atoms with Crippen LogP contribution in [0.2, 0.25) is 0 Å². The molecule has 100 valence electrons. The molecule has 0 amide bonds. The Kier molecular flexibility index (Phi) is 5.94. The number of hydrogen-bond donors (Lipinski definition) is 1. The van der Waals surface area contributed by atoms with E-state index in [1.807, 2.05) is 19.3 Å². The fourth-order valence-corrected chi connectivity index (χ4v) is 3.03. The normalized spacial score (nSPS) is 16.9. The minimum absolute atomic E-state index is 0.777. The van der Waals surface area contributed by atoms with Crippen LogP contribution in [-0.2, 0) is 0 Å². The minimum atomic E-state index is 0.777. The third-order valence-corrected chi connectivity index (χ3v) is 4.31. The minimum Gasteiger partial charge on any atom is -0.314 e. The van der Waals surface area contributed by atoms with Crippen molar-refractivity contribution in [2.45, 2.75) is 56.6 Å². The van der Waals surface area contributed by atoms with E-state index >= 15 is 0 Å². The predicted octanol–water partition coefficient (Wildman–Crippen LogP) is 3.19. The zero-order chi connectivity index (χ0) is 12.6. The molecule has 3 nitrogen and oxygen atoms in total. The summed E-state index contributed by atoms with van der Waals surface area (Å²) in [5.41, 5.74) is 1.12. The summed E-state index contributed by atoms with van der Waals surface area (Å²) < 4.78 is 0. The lowest BCUT2D eigenvalue weighted by molar-refractivity contribution is 0.375. The lowest BCUT2D eigenvalue weighted by atomic mass is 9.95. The van der Waals surface area contributed by atoms with Crippen molar-refractivity contribution in [2.24, 2.45) is 0 Å². The summed E-state index contributed by atoms with van der Waals surface area (Å²) >= 11 is 1.75. The molecule has 0 unspecified atom stereocenters. The number of nitrogens with zero attached hydrogens (tertiary/aromatic N) is 2. The molecule has 1 fully saturated rings. The van der Waals surface area contributed by atoms with Crippen LogP contribution >= 0.6 is 11.8 Å². The van der Waals surface area contributed by atoms with E-state index in [-0.39, 0.29) is 0 Å². The number of thioether (sulfide) groups is 1. The van der Waals surface area contributed by atoms with Gasteiger partial charge in [0.05, 0.1) is 0 Å². The highest BCUT2D eigenvalue weighted by Crippen LogP contribution is 2.17. The third kappa shape index (κ3) is 4.94. The molecule has 0 aromatic carbocycles. The molecule has 0 radical (unpaired) electrons. The molecule has 1 N–H and O–H groups in total. The standard InChI is InChI=1S/C14H23N3S/c1-12-10-16-14(17-11-12)18-9-5-8-15-13-6-3-2-4-7-13/h10-11,13,15H,2-9H2,1H3. The van der Waals surface area contributed by atoms with E-state index in [0.29, 0.717) is 0 Å². The Morgan fingerprint density at radius 3 is 2.67 bits per heavy atom. The van der Waals surface area contributed by atoms with Crippen molar-refractivity contribution in [3.8, 4) is 0 Å². The summed E-state index contributed by atoms with van der Waals surface area (Å²) in [7, 11) is 0. The molecule has 1 aliphatic carbocycles. The second-order valence-corrected chi connectivity index (χ2v) is 6.10. The molecule has 0 atom stereocenters. The van der Waals surface area contributed by atoms with Crippen molar-refractivity contribution >= 4 is 11.8 Å². The van der Waals surface area contributed by atoms with Gasteiger partial charge in [0.1, 0.15) is 0 Å². The molecule has 1 saturated carbocycles. The Bertz CT molecular complexity index is 333. The predicted molar refractivity (Wildman–Crippen MR) is 77.0 cm³/mol. The maximum atomic E-state index is 4.30. The molecular weight excluding hydrogens is 242 g/mol. The molecule has 1 aromatic rings. The lowest BCUT2D eigenvalue weighted by Crippen LogP contribution is -2.31. The van der Waals surface area contributed by atoms with Gasteiger partial charge in [-0.15, -0.1) is 0 Å². The number of hydrogen-bond acceptors (Lipinski definition) is 4. The second kappa shape index (κ2) is 7.74. The molecule has 1 aliphatic rings. The third-order valence-electron chi connectivity index (χ3n) is 3.35. The van der Waals surface area contributed by atoms with Crippen LogP contribution in [0, 0.1) is 6.92 Å². The summed E-state index contributed by atoms with van der Waals surface area (Å²) in [5.74, 6) is 1.10. The van der Waals surface area contributed by atoms with Crippen LogP contribution in [0.3, 0.4) is 0 Å². The first-order chi connectivity index (χ1) is 8.84. The zero-order valence-electron chi connectivity index (χ0n) is 11.2. The number of nitrogens with one attached hydrogen (secondary N) is 1. The molecule has 0 bridgehead atoms. The summed E-state index contributed by atoms with van der Waals surface area (Å²) in [6, 6.07) is 0.777. The molecule has 1 aromatic heterocycles. The number of aromatic nitrogens is 2. The van der Waals surface area contributed by atoms with E-state index in [4.69, 9.17) is 0 Å². The first kappa shape index (κ1) is 13.8. The van der Waals surface area contributed by atoms with Gasteiger partial charge in [-0.1, -0.05) is 31.0 Å². The lowest BCUT2D eigenvalue weighted by Gasteiger charge is -2.22. The van der Waals surface area contributed by atoms with Gasteiger partial charge in [0.25, 0.3) is 0 Å². The van der Waals surface area contributed by atoms with Gasteiger partial charge >= 0.3 is 0 Å². The van der Waals surface area contributed by atoms with Gasteiger partial charge in [0, 0.05) is 24.2 Å². The quantitative estimate of drug-likeness (QED) is 0.487. The monoisotopic (exact) mass is 265 g/mol. The second-order valence-electron chi connectivity index (χ2n) is 5.03. The molecule has 0 aliphatic heterocycles. The maximum Gasteiger partial charge on any atom is 0.187 e. The Hall–Kier alpha value is -0.610. The molecule has 4 heteroatoms. The first-order valence-corrected chi connectivity index (χ1v) is 7.98. The molecule has 2 rings (SSSR count). The average molecular weight is 265 g/mol. The van der Waals surface area contributed by atoms with Gasteiger partial charge in [-0.05, 0) is 38.3 Å². The maximum absolute atomic E-state index is 4.30. The van der Waals surface area contributed by atoms with Crippen molar-refractivity contribution in [1.29, 1.82) is 0 Å². The van der Waals surface area contributed by atoms with E-state index in [1.54, 1.807) is 11.8 Å². The Labute approximate surface area is 114 Å². The van der Waals surface area contributed by atoms with E-state index in [2.05, 4.69) is 15.3 Å². The fourth-order valence-electron chi connectivity index (χ4n) is 2.30. The number of rotatable bonds is 6. The zero-order valence-corrected chi connectivity index (χ0v) is 12.0. The van der Waals surface area contributed by atoms with Crippen molar-refractivity contribution < 1.29 is 0 Å². The number of aryl methyl sites for hydroxylation is 1. The SMILES string of the molecule is Cc1cnc(SCCCNC2CCCCC2)nc1. The summed E-state index contributed by atoms with van der Waals surface area (Å²) in [6.45, 7) is 3.14. The van der Waals surface area contributed by atoms with Crippen LogP contribution in [0.1, 0.15) is 44.1 Å². The summed E-state index contributed by atoms with van der Waals surface area (Å²) in [6.07, 6.45) is 11.9. The molecule has 18 heavy (non-hydrogen) atoms. The van der Waals surface area contributed by atoms with Crippen molar-refractivity contribution in [1.82, 2.24) is 15.3 Å². The van der Waals surface area contributed by atoms with Crippen LogP contribution in [0.5, 0.6) is 0 Å². The Balaban J connectivity index is 1.54. The topological polar surface area (TPSA) is 37.8 Å². The van der Waals surface area contributed by atoms with E-state index < -0.39 is 0 Å². The molecule has 1 heterocycles. The highest BCUT2D eigenvalue weighted by Gasteiger charge is 2.11.